The maximum absolute atomic E-state index is 5.64. The van der Waals surface area contributed by atoms with Crippen molar-refractivity contribution < 1.29 is 4.74 Å². The van der Waals surface area contributed by atoms with Gasteiger partial charge in [0.2, 0.25) is 0 Å². The van der Waals surface area contributed by atoms with E-state index in [-0.39, 0.29) is 11.6 Å². The van der Waals surface area contributed by atoms with Gasteiger partial charge in [-0.1, -0.05) is 0 Å². The zero-order valence-corrected chi connectivity index (χ0v) is 10.2. The molecule has 1 unspecified atom stereocenters. The van der Waals surface area contributed by atoms with Gasteiger partial charge in [-0.3, -0.25) is 9.67 Å². The molecule has 0 radical (unpaired) electrons. The average Bonchev–Trinajstić information content (AvgIpc) is 2.68. The summed E-state index contributed by atoms with van der Waals surface area (Å²) in [6.07, 6.45) is 2.25. The molecule has 84 valence electrons. The van der Waals surface area contributed by atoms with Crippen LogP contribution in [0.5, 0.6) is 0 Å². The molecule has 0 spiro atoms. The second-order valence-corrected chi connectivity index (χ2v) is 5.28. The van der Waals surface area contributed by atoms with Crippen molar-refractivity contribution in [1.29, 1.82) is 0 Å². The van der Waals surface area contributed by atoms with Crippen LogP contribution in [0, 0.1) is 4.77 Å². The quantitative estimate of drug-likeness (QED) is 0.750. The average molecular weight is 227 g/mol. The van der Waals surface area contributed by atoms with Crippen LogP contribution in [0.15, 0.2) is 0 Å². The van der Waals surface area contributed by atoms with E-state index in [0.717, 1.165) is 25.3 Å². The first kappa shape index (κ1) is 10.8. The maximum Gasteiger partial charge on any atom is 0.195 e. The Morgan fingerprint density at radius 1 is 1.53 bits per heavy atom. The first-order chi connectivity index (χ1) is 7.00. The van der Waals surface area contributed by atoms with E-state index in [1.165, 1.54) is 0 Å². The van der Waals surface area contributed by atoms with Gasteiger partial charge < -0.3 is 4.74 Å². The summed E-state index contributed by atoms with van der Waals surface area (Å²) in [5.74, 6) is 0.935. The smallest absolute Gasteiger partial charge is 0.195 e. The molecule has 1 fully saturated rings. The molecule has 1 aromatic rings. The third kappa shape index (κ3) is 1.99. The normalized spacial score (nSPS) is 22.2. The summed E-state index contributed by atoms with van der Waals surface area (Å²) in [6.45, 7) is 7.19. The molecule has 1 aliphatic rings. The van der Waals surface area contributed by atoms with Crippen molar-refractivity contribution in [2.45, 2.75) is 45.3 Å². The zero-order valence-electron chi connectivity index (χ0n) is 9.41. The summed E-state index contributed by atoms with van der Waals surface area (Å²) in [6, 6.07) is 0. The van der Waals surface area contributed by atoms with Gasteiger partial charge in [-0.15, -0.1) is 0 Å². The molecule has 15 heavy (non-hydrogen) atoms. The highest BCUT2D eigenvalue weighted by Gasteiger charge is 2.27. The van der Waals surface area contributed by atoms with Crippen molar-refractivity contribution in [2.24, 2.45) is 0 Å². The SMILES string of the molecule is CC(C)(C)n1c(C2CCCO2)n[nH]c1=S. The van der Waals surface area contributed by atoms with E-state index < -0.39 is 0 Å². The van der Waals surface area contributed by atoms with Crippen molar-refractivity contribution in [1.82, 2.24) is 14.8 Å². The number of aromatic amines is 1. The van der Waals surface area contributed by atoms with Gasteiger partial charge in [-0.25, -0.2) is 0 Å². The minimum Gasteiger partial charge on any atom is -0.370 e. The molecule has 2 heterocycles. The number of aromatic nitrogens is 3. The van der Waals surface area contributed by atoms with E-state index in [2.05, 4.69) is 35.5 Å². The number of hydrogen-bond acceptors (Lipinski definition) is 3. The molecule has 1 atom stereocenters. The Balaban J connectivity index is 2.43. The standard InChI is InChI=1S/C10H17N3OS/c1-10(2,3)13-8(11-12-9(13)15)7-5-4-6-14-7/h7H,4-6H2,1-3H3,(H,12,15). The molecule has 1 aromatic heterocycles. The van der Waals surface area contributed by atoms with E-state index >= 15 is 0 Å². The number of rotatable bonds is 1. The highest BCUT2D eigenvalue weighted by Crippen LogP contribution is 2.30. The largest absolute Gasteiger partial charge is 0.370 e. The fraction of sp³-hybridized carbons (Fsp3) is 0.800. The Morgan fingerprint density at radius 2 is 2.27 bits per heavy atom. The van der Waals surface area contributed by atoms with Gasteiger partial charge in [-0.2, -0.15) is 5.10 Å². The van der Waals surface area contributed by atoms with Gasteiger partial charge in [0, 0.05) is 12.1 Å². The zero-order chi connectivity index (χ0) is 11.1. The molecule has 1 N–H and O–H groups in total. The van der Waals surface area contributed by atoms with Crippen molar-refractivity contribution >= 4 is 12.2 Å². The minimum atomic E-state index is -0.0502. The van der Waals surface area contributed by atoms with Crippen LogP contribution < -0.4 is 0 Å². The molecule has 1 aliphatic heterocycles. The fourth-order valence-electron chi connectivity index (χ4n) is 1.95. The summed E-state index contributed by atoms with van der Waals surface area (Å²) in [5.41, 5.74) is -0.0502. The number of H-pyrrole nitrogens is 1. The molecule has 0 aliphatic carbocycles. The highest BCUT2D eigenvalue weighted by atomic mass is 32.1. The van der Waals surface area contributed by atoms with Crippen molar-refractivity contribution in [2.75, 3.05) is 6.61 Å². The fourth-order valence-corrected chi connectivity index (χ4v) is 2.37. The third-order valence-corrected chi connectivity index (χ3v) is 2.86. The molecular weight excluding hydrogens is 210 g/mol. The van der Waals surface area contributed by atoms with Crippen LogP contribution in [-0.2, 0) is 10.3 Å². The summed E-state index contributed by atoms with van der Waals surface area (Å²) >= 11 is 5.25. The van der Waals surface area contributed by atoms with E-state index in [4.69, 9.17) is 17.0 Å². The van der Waals surface area contributed by atoms with Crippen LogP contribution in [0.1, 0.15) is 45.5 Å². The summed E-state index contributed by atoms with van der Waals surface area (Å²) < 4.78 is 8.37. The molecule has 0 bridgehead atoms. The summed E-state index contributed by atoms with van der Waals surface area (Å²) in [4.78, 5) is 0. The van der Waals surface area contributed by atoms with Crippen LogP contribution in [0.2, 0.25) is 0 Å². The third-order valence-electron chi connectivity index (χ3n) is 2.59. The molecule has 5 heteroatoms. The highest BCUT2D eigenvalue weighted by molar-refractivity contribution is 7.71. The van der Waals surface area contributed by atoms with Gasteiger partial charge in [0.15, 0.2) is 10.6 Å². The molecule has 4 nitrogen and oxygen atoms in total. The Hall–Kier alpha value is -0.680. The number of nitrogens with zero attached hydrogens (tertiary/aromatic N) is 2. The second-order valence-electron chi connectivity index (χ2n) is 4.89. The monoisotopic (exact) mass is 227 g/mol. The van der Waals surface area contributed by atoms with Gasteiger partial charge >= 0.3 is 0 Å². The second kappa shape index (κ2) is 3.72. The Morgan fingerprint density at radius 3 is 2.80 bits per heavy atom. The van der Waals surface area contributed by atoms with Crippen molar-refractivity contribution in [3.05, 3.63) is 10.6 Å². The Bertz CT molecular complexity index is 396. The van der Waals surface area contributed by atoms with E-state index in [1.807, 2.05) is 0 Å². The van der Waals surface area contributed by atoms with Gasteiger partial charge in [0.1, 0.15) is 6.10 Å². The van der Waals surface area contributed by atoms with Crippen LogP contribution in [0.3, 0.4) is 0 Å². The van der Waals surface area contributed by atoms with Crippen LogP contribution >= 0.6 is 12.2 Å². The van der Waals surface area contributed by atoms with E-state index in [9.17, 15) is 0 Å². The van der Waals surface area contributed by atoms with Crippen LogP contribution in [0.4, 0.5) is 0 Å². The lowest BCUT2D eigenvalue weighted by molar-refractivity contribution is 0.0974. The van der Waals surface area contributed by atoms with Crippen LogP contribution in [0.25, 0.3) is 0 Å². The van der Waals surface area contributed by atoms with E-state index in [1.54, 1.807) is 0 Å². The van der Waals surface area contributed by atoms with E-state index in [0.29, 0.717) is 4.77 Å². The number of nitrogens with one attached hydrogen (secondary N) is 1. The lowest BCUT2D eigenvalue weighted by Crippen LogP contribution is -2.25. The predicted molar refractivity (Wildman–Crippen MR) is 60.3 cm³/mol. The Kier molecular flexibility index (Phi) is 2.68. The number of ether oxygens (including phenoxy) is 1. The van der Waals surface area contributed by atoms with Crippen LogP contribution in [-0.4, -0.2) is 21.4 Å². The topological polar surface area (TPSA) is 42.8 Å². The van der Waals surface area contributed by atoms with Crippen molar-refractivity contribution in [3.63, 3.8) is 0 Å². The Labute approximate surface area is 94.6 Å². The molecule has 0 amide bonds. The first-order valence-electron chi connectivity index (χ1n) is 5.29. The summed E-state index contributed by atoms with van der Waals surface area (Å²) in [5, 5.41) is 7.14. The maximum atomic E-state index is 5.64. The molecular formula is C10H17N3OS. The lowest BCUT2D eigenvalue weighted by atomic mass is 10.1. The van der Waals surface area contributed by atoms with Gasteiger partial charge in [0.05, 0.1) is 0 Å². The molecule has 1 saturated heterocycles. The molecule has 0 saturated carbocycles. The first-order valence-corrected chi connectivity index (χ1v) is 5.70. The molecule has 0 aromatic carbocycles. The number of hydrogen-bond donors (Lipinski definition) is 1. The van der Waals surface area contributed by atoms with Crippen molar-refractivity contribution in [3.8, 4) is 0 Å². The minimum absolute atomic E-state index is 0.0502. The van der Waals surface area contributed by atoms with Gasteiger partial charge in [0.25, 0.3) is 0 Å². The lowest BCUT2D eigenvalue weighted by Gasteiger charge is -2.24. The molecule has 2 rings (SSSR count). The van der Waals surface area contributed by atoms with Gasteiger partial charge in [-0.05, 0) is 45.8 Å². The summed E-state index contributed by atoms with van der Waals surface area (Å²) in [7, 11) is 0. The predicted octanol–water partition coefficient (Wildman–Crippen LogP) is 2.55.